The number of rotatable bonds is 8. The number of aromatic nitrogens is 2. The zero-order valence-corrected chi connectivity index (χ0v) is 17.2. The monoisotopic (exact) mass is 439 g/mol. The fourth-order valence-electron chi connectivity index (χ4n) is 2.99. The molecule has 8 heteroatoms. The zero-order chi connectivity index (χ0) is 21.6. The number of carbonyl (C=O) groups is 1. The highest BCUT2D eigenvalue weighted by molar-refractivity contribution is 7.98. The molecule has 0 atom stereocenters. The molecule has 2 aromatic heterocycles. The Bertz CT molecular complexity index is 1130. The molecule has 0 radical (unpaired) electrons. The van der Waals surface area contributed by atoms with Crippen molar-refractivity contribution in [3.05, 3.63) is 95.9 Å². The van der Waals surface area contributed by atoms with Crippen LogP contribution in [-0.4, -0.2) is 21.9 Å². The summed E-state index contributed by atoms with van der Waals surface area (Å²) in [5, 5.41) is 2.82. The normalized spacial score (nSPS) is 11.1. The Morgan fingerprint density at radius 3 is 2.55 bits per heavy atom. The molecule has 0 saturated heterocycles. The zero-order valence-electron chi connectivity index (χ0n) is 16.4. The molecule has 0 aliphatic heterocycles. The number of pyridine rings is 1. The number of fused-ring (bicyclic) bond motifs is 1. The molecular weight excluding hydrogens is 420 g/mol. The molecule has 0 bridgehead atoms. The van der Waals surface area contributed by atoms with Gasteiger partial charge in [-0.05, 0) is 54.1 Å². The molecule has 0 aliphatic carbocycles. The number of amides is 1. The Labute approximate surface area is 182 Å². The van der Waals surface area contributed by atoms with Gasteiger partial charge in [0, 0.05) is 35.2 Å². The average Bonchev–Trinajstić information content (AvgIpc) is 3.20. The van der Waals surface area contributed by atoms with Crippen molar-refractivity contribution in [2.45, 2.75) is 23.8 Å². The Hall–Kier alpha value is -3.39. The molecule has 4 rings (SSSR count). The van der Waals surface area contributed by atoms with Crippen molar-refractivity contribution in [2.75, 3.05) is 0 Å². The third-order valence-corrected chi connectivity index (χ3v) is 5.56. The van der Waals surface area contributed by atoms with E-state index in [2.05, 4.69) is 15.0 Å². The van der Waals surface area contributed by atoms with E-state index in [0.29, 0.717) is 5.56 Å². The maximum atomic E-state index is 12.4. The molecule has 0 spiro atoms. The Kier molecular flexibility index (Phi) is 6.47. The predicted molar refractivity (Wildman–Crippen MR) is 115 cm³/mol. The SMILES string of the molecule is O=C(NCc1ccc(OC(F)F)cc1)c1ccc(SCc2cn3ccccc3n2)cc1. The van der Waals surface area contributed by atoms with Crippen molar-refractivity contribution >= 4 is 23.3 Å². The number of halogens is 2. The lowest BCUT2D eigenvalue weighted by Gasteiger charge is -2.08. The summed E-state index contributed by atoms with van der Waals surface area (Å²) in [6.07, 6.45) is 3.98. The van der Waals surface area contributed by atoms with Crippen LogP contribution in [0.15, 0.2) is 84.0 Å². The summed E-state index contributed by atoms with van der Waals surface area (Å²) in [5.74, 6) is 0.616. The second-order valence-corrected chi connectivity index (χ2v) is 7.77. The molecule has 31 heavy (non-hydrogen) atoms. The fourth-order valence-corrected chi connectivity index (χ4v) is 3.77. The molecule has 158 valence electrons. The molecule has 4 aromatic rings. The molecule has 1 amide bonds. The van der Waals surface area contributed by atoms with Crippen LogP contribution in [0.3, 0.4) is 0 Å². The molecule has 2 heterocycles. The van der Waals surface area contributed by atoms with Gasteiger partial charge in [-0.15, -0.1) is 11.8 Å². The number of thioether (sulfide) groups is 1. The number of hydrogen-bond acceptors (Lipinski definition) is 4. The second-order valence-electron chi connectivity index (χ2n) is 6.72. The van der Waals surface area contributed by atoms with E-state index in [4.69, 9.17) is 0 Å². The lowest BCUT2D eigenvalue weighted by Crippen LogP contribution is -2.22. The van der Waals surface area contributed by atoms with E-state index < -0.39 is 6.61 Å². The van der Waals surface area contributed by atoms with Crippen molar-refractivity contribution in [3.63, 3.8) is 0 Å². The third kappa shape index (κ3) is 5.61. The Balaban J connectivity index is 1.28. The number of nitrogens with zero attached hydrogens (tertiary/aromatic N) is 2. The van der Waals surface area contributed by atoms with Gasteiger partial charge in [0.2, 0.25) is 0 Å². The van der Waals surface area contributed by atoms with Crippen LogP contribution in [0.25, 0.3) is 5.65 Å². The Morgan fingerprint density at radius 2 is 1.84 bits per heavy atom. The number of alkyl halides is 2. The number of benzene rings is 2. The molecule has 0 unspecified atom stereocenters. The summed E-state index contributed by atoms with van der Waals surface area (Å²) in [6.45, 7) is -2.57. The standard InChI is InChI=1S/C23H19F2N3O2S/c24-23(25)30-19-8-4-16(5-9-19)13-26-22(29)17-6-10-20(11-7-17)31-15-18-14-28-12-2-1-3-21(28)27-18/h1-12,14,23H,13,15H2,(H,26,29). The lowest BCUT2D eigenvalue weighted by atomic mass is 10.2. The first-order chi connectivity index (χ1) is 15.1. The summed E-state index contributed by atoms with van der Waals surface area (Å²) in [6, 6.07) is 19.4. The van der Waals surface area contributed by atoms with Gasteiger partial charge in [-0.2, -0.15) is 8.78 Å². The van der Waals surface area contributed by atoms with Crippen LogP contribution in [0.1, 0.15) is 21.6 Å². The molecule has 2 aromatic carbocycles. The third-order valence-electron chi connectivity index (χ3n) is 4.52. The summed E-state index contributed by atoms with van der Waals surface area (Å²) < 4.78 is 30.7. The minimum absolute atomic E-state index is 0.0850. The lowest BCUT2D eigenvalue weighted by molar-refractivity contribution is -0.0498. The first-order valence-electron chi connectivity index (χ1n) is 9.54. The smallest absolute Gasteiger partial charge is 0.387 e. The van der Waals surface area contributed by atoms with Gasteiger partial charge in [0.05, 0.1) is 5.69 Å². The van der Waals surface area contributed by atoms with E-state index in [1.54, 1.807) is 36.0 Å². The molecule has 0 saturated carbocycles. The van der Waals surface area contributed by atoms with Gasteiger partial charge in [0.15, 0.2) is 0 Å². The molecule has 1 N–H and O–H groups in total. The number of carbonyl (C=O) groups excluding carboxylic acids is 1. The van der Waals surface area contributed by atoms with Crippen LogP contribution in [0.5, 0.6) is 5.75 Å². The van der Waals surface area contributed by atoms with Gasteiger partial charge >= 0.3 is 6.61 Å². The minimum Gasteiger partial charge on any atom is -0.435 e. The van der Waals surface area contributed by atoms with Crippen molar-refractivity contribution in [3.8, 4) is 5.75 Å². The molecule has 5 nitrogen and oxygen atoms in total. The largest absolute Gasteiger partial charge is 0.435 e. The van der Waals surface area contributed by atoms with E-state index in [-0.39, 0.29) is 18.2 Å². The quantitative estimate of drug-likeness (QED) is 0.386. The van der Waals surface area contributed by atoms with E-state index in [1.807, 2.05) is 47.1 Å². The maximum absolute atomic E-state index is 12.4. The van der Waals surface area contributed by atoms with Crippen molar-refractivity contribution in [1.29, 1.82) is 0 Å². The number of hydrogen-bond donors (Lipinski definition) is 1. The highest BCUT2D eigenvalue weighted by atomic mass is 32.2. The second kappa shape index (κ2) is 9.61. The van der Waals surface area contributed by atoms with Crippen LogP contribution >= 0.6 is 11.8 Å². The summed E-state index contributed by atoms with van der Waals surface area (Å²) in [4.78, 5) is 18.0. The summed E-state index contributed by atoms with van der Waals surface area (Å²) in [5.41, 5.74) is 3.24. The number of ether oxygens (including phenoxy) is 1. The van der Waals surface area contributed by atoms with Crippen LogP contribution < -0.4 is 10.1 Å². The fraction of sp³-hybridized carbons (Fsp3) is 0.130. The number of imidazole rings is 1. The first kappa shape index (κ1) is 20.9. The van der Waals surface area contributed by atoms with E-state index >= 15 is 0 Å². The molecule has 0 fully saturated rings. The van der Waals surface area contributed by atoms with Crippen molar-refractivity contribution < 1.29 is 18.3 Å². The topological polar surface area (TPSA) is 55.6 Å². The highest BCUT2D eigenvalue weighted by Crippen LogP contribution is 2.23. The summed E-state index contributed by atoms with van der Waals surface area (Å²) >= 11 is 1.65. The van der Waals surface area contributed by atoms with Crippen LogP contribution in [0, 0.1) is 0 Å². The van der Waals surface area contributed by atoms with Crippen LogP contribution in [0.4, 0.5) is 8.78 Å². The van der Waals surface area contributed by atoms with E-state index in [0.717, 1.165) is 27.6 Å². The van der Waals surface area contributed by atoms with Crippen LogP contribution in [0.2, 0.25) is 0 Å². The predicted octanol–water partition coefficient (Wildman–Crippen LogP) is 5.16. The van der Waals surface area contributed by atoms with Gasteiger partial charge < -0.3 is 14.5 Å². The Morgan fingerprint density at radius 1 is 1.06 bits per heavy atom. The average molecular weight is 439 g/mol. The molecule has 0 aliphatic rings. The summed E-state index contributed by atoms with van der Waals surface area (Å²) in [7, 11) is 0. The van der Waals surface area contributed by atoms with Gasteiger partial charge in [-0.25, -0.2) is 4.98 Å². The van der Waals surface area contributed by atoms with Gasteiger partial charge in [0.1, 0.15) is 11.4 Å². The van der Waals surface area contributed by atoms with Crippen molar-refractivity contribution in [1.82, 2.24) is 14.7 Å². The molecular formula is C23H19F2N3O2S. The highest BCUT2D eigenvalue weighted by Gasteiger charge is 2.08. The van der Waals surface area contributed by atoms with E-state index in [9.17, 15) is 13.6 Å². The van der Waals surface area contributed by atoms with Gasteiger partial charge in [0.25, 0.3) is 5.91 Å². The van der Waals surface area contributed by atoms with Gasteiger partial charge in [-0.1, -0.05) is 18.2 Å². The number of nitrogens with one attached hydrogen (secondary N) is 1. The van der Waals surface area contributed by atoms with Crippen molar-refractivity contribution in [2.24, 2.45) is 0 Å². The maximum Gasteiger partial charge on any atom is 0.387 e. The van der Waals surface area contributed by atoms with Crippen LogP contribution in [-0.2, 0) is 12.3 Å². The van der Waals surface area contributed by atoms with Gasteiger partial charge in [-0.3, -0.25) is 4.79 Å². The van der Waals surface area contributed by atoms with E-state index in [1.165, 1.54) is 12.1 Å². The first-order valence-corrected chi connectivity index (χ1v) is 10.5. The minimum atomic E-state index is -2.86.